The number of ether oxygens (including phenoxy) is 2. The van der Waals surface area contributed by atoms with E-state index in [1.54, 1.807) is 42.5 Å². The van der Waals surface area contributed by atoms with Crippen LogP contribution >= 0.6 is 0 Å². The Morgan fingerprint density at radius 3 is 0.583 bits per heavy atom. The standard InChI is InChI=1S/C96H62N8O4/c105-95(107-69-38-34-65(35-39-69)93-83-54-50-79(101-83)89(61-24-11-3-12-25-61)75-46-42-71(97-75)87(59-20-7-1-8-21-59)72-43-47-76(98-72)90(62-26-13-4-14-27-62)80-51-55-84(93)102-80)67-32-19-33-68(58-67)96(106)108-70-40-36-66(37-41-70)94-85-56-52-81(103-85)91(63-28-15-5-16-29-63)77-48-44-73(99-77)88(60-22-9-2-10-23-60)74-45-49-78(100-74)92(64-30-17-6-18-31-64)82-53-57-86(94)104-82/h1-58,97,99,102,104H. The van der Waals surface area contributed by atoms with Crippen molar-refractivity contribution in [2.24, 2.45) is 0 Å². The van der Waals surface area contributed by atoms with Gasteiger partial charge in [0.1, 0.15) is 11.5 Å². The summed E-state index contributed by atoms with van der Waals surface area (Å²) in [4.78, 5) is 65.5. The summed E-state index contributed by atoms with van der Waals surface area (Å²) in [6, 6.07) is 100. The molecule has 0 saturated heterocycles. The molecule has 6 aromatic heterocycles. The van der Waals surface area contributed by atoms with Crippen LogP contribution in [0.15, 0.2) is 303 Å². The highest BCUT2D eigenvalue weighted by molar-refractivity contribution is 6.04. The van der Waals surface area contributed by atoms with E-state index >= 15 is 0 Å². The summed E-state index contributed by atoms with van der Waals surface area (Å²) in [5.41, 5.74) is 28.7. The van der Waals surface area contributed by atoms with Crippen molar-refractivity contribution in [3.8, 4) is 101 Å². The van der Waals surface area contributed by atoms with Crippen LogP contribution in [-0.4, -0.2) is 51.8 Å². The number of benzene rings is 9. The van der Waals surface area contributed by atoms with Crippen LogP contribution in [0.25, 0.3) is 182 Å². The van der Waals surface area contributed by atoms with Crippen molar-refractivity contribution in [1.82, 2.24) is 39.9 Å². The molecule has 10 heterocycles. The van der Waals surface area contributed by atoms with E-state index in [1.807, 2.05) is 109 Å². The zero-order valence-corrected chi connectivity index (χ0v) is 57.9. The van der Waals surface area contributed by atoms with Crippen LogP contribution in [0, 0.1) is 0 Å². The van der Waals surface area contributed by atoms with Crippen molar-refractivity contribution in [2.75, 3.05) is 0 Å². The van der Waals surface area contributed by atoms with Crippen LogP contribution in [0.2, 0.25) is 0 Å². The summed E-state index contributed by atoms with van der Waals surface area (Å²) in [6.45, 7) is 0. The third-order valence-electron chi connectivity index (χ3n) is 19.9. The molecule has 4 N–H and O–H groups in total. The minimum atomic E-state index is -0.650. The normalized spacial score (nSPS) is 12.0. The zero-order chi connectivity index (χ0) is 72.0. The predicted octanol–water partition coefficient (Wildman–Crippen LogP) is 23.4. The fourth-order valence-corrected chi connectivity index (χ4v) is 15.0. The van der Waals surface area contributed by atoms with Gasteiger partial charge in [0, 0.05) is 88.6 Å². The number of esters is 2. The minimum Gasteiger partial charge on any atom is -0.423 e. The fourth-order valence-electron chi connectivity index (χ4n) is 15.0. The number of carbonyl (C=O) groups is 2. The minimum absolute atomic E-state index is 0.166. The smallest absolute Gasteiger partial charge is 0.343 e. The summed E-state index contributed by atoms with van der Waals surface area (Å²) >= 11 is 0. The molecular weight excluding hydrogens is 1330 g/mol. The van der Waals surface area contributed by atoms with Gasteiger partial charge in [0.15, 0.2) is 0 Å². The van der Waals surface area contributed by atoms with Crippen LogP contribution in [0.4, 0.5) is 0 Å². The summed E-state index contributed by atoms with van der Waals surface area (Å²) in [6.07, 6.45) is 16.6. The van der Waals surface area contributed by atoms with Crippen molar-refractivity contribution in [2.45, 2.75) is 0 Å². The van der Waals surface area contributed by atoms with Gasteiger partial charge in [-0.25, -0.2) is 29.5 Å². The van der Waals surface area contributed by atoms with Crippen LogP contribution in [0.1, 0.15) is 66.3 Å². The molecule has 108 heavy (non-hydrogen) atoms. The second-order valence-electron chi connectivity index (χ2n) is 26.6. The van der Waals surface area contributed by atoms with Gasteiger partial charge in [0.2, 0.25) is 0 Å². The lowest BCUT2D eigenvalue weighted by molar-refractivity contribution is 0.0734. The van der Waals surface area contributed by atoms with E-state index in [9.17, 15) is 9.59 Å². The average molecular weight is 1390 g/mol. The summed E-state index contributed by atoms with van der Waals surface area (Å²) in [5.74, 6) is -0.692. The molecule has 0 unspecified atom stereocenters. The molecule has 4 aliphatic heterocycles. The third-order valence-corrected chi connectivity index (χ3v) is 19.9. The van der Waals surface area contributed by atoms with E-state index in [1.165, 1.54) is 6.07 Å². The Labute approximate surface area is 620 Å². The van der Waals surface area contributed by atoms with Gasteiger partial charge >= 0.3 is 11.9 Å². The Balaban J connectivity index is 0.647. The average Bonchev–Trinajstić information content (AvgIpc) is 1.65. The molecule has 0 atom stereocenters. The summed E-state index contributed by atoms with van der Waals surface area (Å²) in [7, 11) is 0. The molecule has 0 radical (unpaired) electrons. The fraction of sp³-hybridized carbons (Fsp3) is 0. The van der Waals surface area contributed by atoms with Gasteiger partial charge in [0.05, 0.1) is 56.7 Å². The van der Waals surface area contributed by atoms with Crippen LogP contribution < -0.4 is 9.47 Å². The molecule has 0 saturated carbocycles. The molecule has 9 aromatic carbocycles. The molecule has 4 aliphatic rings. The summed E-state index contributed by atoms with van der Waals surface area (Å²) < 4.78 is 12.2. The maximum atomic E-state index is 14.2. The molecular formula is C96H62N8O4. The van der Waals surface area contributed by atoms with Crippen molar-refractivity contribution in [3.05, 3.63) is 360 Å². The lowest BCUT2D eigenvalue weighted by Crippen LogP contribution is -2.12. The first-order valence-electron chi connectivity index (χ1n) is 35.7. The Bertz CT molecular complexity index is 6120. The lowest BCUT2D eigenvalue weighted by atomic mass is 10.0. The number of fused-ring (bicyclic) bond motifs is 16. The molecule has 16 bridgehead atoms. The van der Waals surface area contributed by atoms with Crippen molar-refractivity contribution in [3.63, 3.8) is 0 Å². The number of hydrogen-bond donors (Lipinski definition) is 4. The van der Waals surface area contributed by atoms with E-state index in [4.69, 9.17) is 29.4 Å². The Morgan fingerprint density at radius 1 is 0.204 bits per heavy atom. The third kappa shape index (κ3) is 12.1. The molecule has 0 spiro atoms. The number of nitrogens with one attached hydrogen (secondary N) is 4. The number of aromatic amines is 4. The first-order chi connectivity index (χ1) is 53.3. The van der Waals surface area contributed by atoms with Gasteiger partial charge in [-0.15, -0.1) is 0 Å². The first kappa shape index (κ1) is 64.0. The predicted molar refractivity (Wildman–Crippen MR) is 438 cm³/mol. The number of carbonyl (C=O) groups excluding carboxylic acids is 2. The number of H-pyrrole nitrogens is 4. The van der Waals surface area contributed by atoms with Crippen molar-refractivity contribution < 1.29 is 19.1 Å². The first-order valence-corrected chi connectivity index (χ1v) is 35.7. The van der Waals surface area contributed by atoms with Gasteiger partial charge in [-0.1, -0.05) is 212 Å². The van der Waals surface area contributed by atoms with Crippen LogP contribution in [0.5, 0.6) is 11.5 Å². The van der Waals surface area contributed by atoms with Gasteiger partial charge in [0.25, 0.3) is 0 Å². The van der Waals surface area contributed by atoms with E-state index in [2.05, 4.69) is 214 Å². The Morgan fingerprint density at radius 2 is 0.389 bits per heavy atom. The number of nitrogens with zero attached hydrogens (tertiary/aromatic N) is 4. The van der Waals surface area contributed by atoms with E-state index in [0.29, 0.717) is 11.5 Å². The molecule has 19 rings (SSSR count). The molecule has 0 fully saturated rings. The topological polar surface area (TPSA) is 167 Å². The van der Waals surface area contributed by atoms with E-state index in [-0.39, 0.29) is 11.1 Å². The van der Waals surface area contributed by atoms with Gasteiger partial charge in [-0.3, -0.25) is 0 Å². The van der Waals surface area contributed by atoms with Gasteiger partial charge in [-0.2, -0.15) is 0 Å². The largest absolute Gasteiger partial charge is 0.423 e. The Kier molecular flexibility index (Phi) is 16.2. The van der Waals surface area contributed by atoms with Gasteiger partial charge < -0.3 is 29.4 Å². The molecule has 12 heteroatoms. The van der Waals surface area contributed by atoms with Crippen molar-refractivity contribution >= 4 is 105 Å². The molecule has 15 aromatic rings. The molecule has 12 nitrogen and oxygen atoms in total. The number of rotatable bonds is 12. The number of hydrogen-bond acceptors (Lipinski definition) is 8. The molecule has 0 amide bonds. The Hall–Kier alpha value is -14.9. The molecule has 0 aliphatic carbocycles. The highest BCUT2D eigenvalue weighted by atomic mass is 16.5. The summed E-state index contributed by atoms with van der Waals surface area (Å²) in [5, 5.41) is 0. The van der Waals surface area contributed by atoms with Crippen molar-refractivity contribution in [1.29, 1.82) is 0 Å². The highest BCUT2D eigenvalue weighted by Crippen LogP contribution is 2.43. The van der Waals surface area contributed by atoms with E-state index < -0.39 is 11.9 Å². The monoisotopic (exact) mass is 1390 g/mol. The second kappa shape index (κ2) is 27.4. The highest BCUT2D eigenvalue weighted by Gasteiger charge is 2.24. The molecule has 510 valence electrons. The zero-order valence-electron chi connectivity index (χ0n) is 57.9. The van der Waals surface area contributed by atoms with Crippen LogP contribution in [-0.2, 0) is 0 Å². The number of aromatic nitrogens is 8. The van der Waals surface area contributed by atoms with E-state index in [0.717, 1.165) is 179 Å². The SMILES string of the molecule is O=C(Oc1ccc(-c2c3nc(c(-c4ccccc4)c4ccc([nH]4)c(-c4ccccc4)c4nc(c(-c5ccccc5)c5ccc2[nH]5)C=C4)C=C3)cc1)c1cccc(C(=O)Oc2ccc(-c3c4nc(c(-c5ccccc5)c5ccc([nH]5)c(-c5ccccc5)c5nc(c(-c6ccccc6)c6ccc3[nH]6)C=C5)C=C4)cc2)c1. The van der Waals surface area contributed by atoms with Gasteiger partial charge in [-0.05, 0) is 184 Å². The quantitative estimate of drug-likeness (QED) is 0.0693. The lowest BCUT2D eigenvalue weighted by Gasteiger charge is -2.09. The van der Waals surface area contributed by atoms with Crippen LogP contribution in [0.3, 0.4) is 0 Å². The maximum Gasteiger partial charge on any atom is 0.343 e. The maximum absolute atomic E-state index is 14.2. The second-order valence-corrected chi connectivity index (χ2v) is 26.6.